The van der Waals surface area contributed by atoms with Gasteiger partial charge in [-0.25, -0.2) is 4.98 Å². The van der Waals surface area contributed by atoms with Gasteiger partial charge in [0.05, 0.1) is 0 Å². The number of nitrogens with zero attached hydrogens (tertiary/aromatic N) is 4. The van der Waals surface area contributed by atoms with Crippen molar-refractivity contribution < 1.29 is 9.59 Å². The highest BCUT2D eigenvalue weighted by molar-refractivity contribution is 7.13. The molecule has 4 aromatic rings. The van der Waals surface area contributed by atoms with Crippen LogP contribution in [0, 0.1) is 5.41 Å². The second kappa shape index (κ2) is 14.8. The van der Waals surface area contributed by atoms with Gasteiger partial charge >= 0.3 is 0 Å². The van der Waals surface area contributed by atoms with Gasteiger partial charge in [0.25, 0.3) is 11.8 Å². The summed E-state index contributed by atoms with van der Waals surface area (Å²) >= 11 is 1.36. The number of aromatic nitrogens is 1. The van der Waals surface area contributed by atoms with Crippen LogP contribution in [-0.2, 0) is 11.3 Å². The van der Waals surface area contributed by atoms with Crippen LogP contribution in [0.25, 0.3) is 11.1 Å². The lowest BCUT2D eigenvalue weighted by atomic mass is 9.89. The number of amides is 2. The molecule has 1 unspecified atom stereocenters. The topological polar surface area (TPSA) is 68.8 Å². The van der Waals surface area contributed by atoms with Gasteiger partial charge in [-0.2, -0.15) is 0 Å². The Bertz CT molecular complexity index is 1620. The van der Waals surface area contributed by atoms with Gasteiger partial charge in [-0.15, -0.1) is 11.3 Å². The fourth-order valence-corrected chi connectivity index (χ4v) is 7.25. The van der Waals surface area contributed by atoms with Crippen molar-refractivity contribution in [3.8, 4) is 11.1 Å². The van der Waals surface area contributed by atoms with Crippen molar-refractivity contribution in [1.82, 2.24) is 14.8 Å². The quantitative estimate of drug-likeness (QED) is 0.157. The fraction of sp³-hybridized carbons (Fsp3) is 0.410. The minimum atomic E-state index is -0.762. The van der Waals surface area contributed by atoms with E-state index in [4.69, 9.17) is 0 Å². The van der Waals surface area contributed by atoms with Gasteiger partial charge in [0.15, 0.2) is 5.13 Å². The molecule has 1 saturated heterocycles. The number of hydrogen-bond donors (Lipinski definition) is 1. The monoisotopic (exact) mass is 649 g/mol. The lowest BCUT2D eigenvalue weighted by Crippen LogP contribution is -2.46. The van der Waals surface area contributed by atoms with E-state index in [0.717, 1.165) is 48.4 Å². The molecule has 7 nitrogen and oxygen atoms in total. The molecule has 0 aliphatic carbocycles. The van der Waals surface area contributed by atoms with E-state index in [1.165, 1.54) is 55.7 Å². The predicted molar refractivity (Wildman–Crippen MR) is 193 cm³/mol. The standard InChI is InChI=1S/C39H47N5O2S/c1-39(2,3)19-9-4-5-10-21-42-22-24-43(25-23-42)33-17-15-29(16-18-33)31-13-14-32-28-44(37(46)34(32)27-31)35(30-11-7-6-8-12-30)36(45)41-38-40-20-26-47-38/h6-8,11-18,20,26-27,35H,4-5,9-10,19,21-25,28H2,1-3H3,(H,40,41,45). The first-order chi connectivity index (χ1) is 22.7. The Hall–Kier alpha value is -4.01. The van der Waals surface area contributed by atoms with Crippen LogP contribution in [0.4, 0.5) is 10.8 Å². The molecule has 2 aliphatic rings. The Morgan fingerprint density at radius 1 is 0.894 bits per heavy atom. The molecule has 6 rings (SSSR count). The second-order valence-corrected chi connectivity index (χ2v) is 14.9. The number of carbonyl (C=O) groups is 2. The smallest absolute Gasteiger partial charge is 0.255 e. The molecule has 2 amide bonds. The van der Waals surface area contributed by atoms with Crippen LogP contribution in [0.2, 0.25) is 0 Å². The highest BCUT2D eigenvalue weighted by atomic mass is 32.1. The molecular formula is C39H47N5O2S. The average Bonchev–Trinajstić information content (AvgIpc) is 3.70. The van der Waals surface area contributed by atoms with Crippen LogP contribution in [-0.4, -0.2) is 59.3 Å². The highest BCUT2D eigenvalue weighted by Gasteiger charge is 2.38. The van der Waals surface area contributed by atoms with Crippen LogP contribution in [0.1, 0.15) is 80.4 Å². The maximum atomic E-state index is 13.9. The minimum absolute atomic E-state index is 0.135. The average molecular weight is 650 g/mol. The van der Waals surface area contributed by atoms with E-state index in [1.807, 2.05) is 47.8 Å². The molecule has 1 fully saturated rings. The van der Waals surface area contributed by atoms with Gasteiger partial charge in [0.2, 0.25) is 0 Å². The molecule has 3 aromatic carbocycles. The van der Waals surface area contributed by atoms with E-state index in [-0.39, 0.29) is 11.8 Å². The van der Waals surface area contributed by atoms with Crippen molar-refractivity contribution in [2.24, 2.45) is 5.41 Å². The Morgan fingerprint density at radius 2 is 1.62 bits per heavy atom. The van der Waals surface area contributed by atoms with Gasteiger partial charge < -0.3 is 9.80 Å². The Kier molecular flexibility index (Phi) is 10.4. The molecular weight excluding hydrogens is 603 g/mol. The second-order valence-electron chi connectivity index (χ2n) is 14.0. The third kappa shape index (κ3) is 8.29. The number of hydrogen-bond acceptors (Lipinski definition) is 6. The van der Waals surface area contributed by atoms with Crippen molar-refractivity contribution in [3.63, 3.8) is 0 Å². The summed E-state index contributed by atoms with van der Waals surface area (Å²) in [6.07, 6.45) is 8.29. The molecule has 1 N–H and O–H groups in total. The van der Waals surface area contributed by atoms with Gasteiger partial charge in [-0.1, -0.05) is 94.6 Å². The molecule has 0 saturated carbocycles. The number of unbranched alkanes of at least 4 members (excludes halogenated alkanes) is 3. The summed E-state index contributed by atoms with van der Waals surface area (Å²) < 4.78 is 0. The molecule has 8 heteroatoms. The first-order valence-electron chi connectivity index (χ1n) is 17.0. The van der Waals surface area contributed by atoms with Gasteiger partial charge in [-0.3, -0.25) is 19.8 Å². The van der Waals surface area contributed by atoms with Crippen LogP contribution >= 0.6 is 11.3 Å². The molecule has 246 valence electrons. The molecule has 1 aromatic heterocycles. The van der Waals surface area contributed by atoms with Crippen molar-refractivity contribution in [2.45, 2.75) is 65.5 Å². The van der Waals surface area contributed by atoms with Gasteiger partial charge in [-0.05, 0) is 65.3 Å². The van der Waals surface area contributed by atoms with Crippen molar-refractivity contribution in [2.75, 3.05) is 42.9 Å². The zero-order valence-corrected chi connectivity index (χ0v) is 28.8. The van der Waals surface area contributed by atoms with E-state index in [1.54, 1.807) is 11.1 Å². The maximum Gasteiger partial charge on any atom is 0.255 e. The van der Waals surface area contributed by atoms with Crippen LogP contribution < -0.4 is 10.2 Å². The summed E-state index contributed by atoms with van der Waals surface area (Å²) in [5.74, 6) is -0.403. The number of benzene rings is 3. The lowest BCUT2D eigenvalue weighted by molar-refractivity contribution is -0.120. The van der Waals surface area contributed by atoms with E-state index in [0.29, 0.717) is 22.7 Å². The highest BCUT2D eigenvalue weighted by Crippen LogP contribution is 2.35. The maximum absolute atomic E-state index is 13.9. The lowest BCUT2D eigenvalue weighted by Gasteiger charge is -2.36. The number of fused-ring (bicyclic) bond motifs is 1. The van der Waals surface area contributed by atoms with Gasteiger partial charge in [0, 0.05) is 55.6 Å². The molecule has 0 bridgehead atoms. The molecule has 0 spiro atoms. The van der Waals surface area contributed by atoms with Gasteiger partial charge in [0.1, 0.15) is 6.04 Å². The number of carbonyl (C=O) groups excluding carboxylic acids is 2. The summed E-state index contributed by atoms with van der Waals surface area (Å²) in [5, 5.41) is 5.24. The van der Waals surface area contributed by atoms with E-state index < -0.39 is 6.04 Å². The minimum Gasteiger partial charge on any atom is -0.369 e. The Morgan fingerprint density at radius 3 is 2.32 bits per heavy atom. The summed E-state index contributed by atoms with van der Waals surface area (Å²) in [6, 6.07) is 23.5. The number of thiazole rings is 1. The molecule has 1 atom stereocenters. The molecule has 3 heterocycles. The third-order valence-electron chi connectivity index (χ3n) is 9.37. The van der Waals surface area contributed by atoms with Crippen LogP contribution in [0.15, 0.2) is 84.4 Å². The largest absolute Gasteiger partial charge is 0.369 e. The van der Waals surface area contributed by atoms with E-state index in [9.17, 15) is 9.59 Å². The predicted octanol–water partition coefficient (Wildman–Crippen LogP) is 8.26. The van der Waals surface area contributed by atoms with Crippen molar-refractivity contribution in [1.29, 1.82) is 0 Å². The molecule has 47 heavy (non-hydrogen) atoms. The first-order valence-corrected chi connectivity index (χ1v) is 17.9. The Labute approximate surface area is 283 Å². The fourth-order valence-electron chi connectivity index (χ4n) is 6.72. The molecule has 0 radical (unpaired) electrons. The summed E-state index contributed by atoms with van der Waals surface area (Å²) in [4.78, 5) is 38.4. The number of nitrogens with one attached hydrogen (secondary N) is 1. The summed E-state index contributed by atoms with van der Waals surface area (Å²) in [7, 11) is 0. The van der Waals surface area contributed by atoms with E-state index >= 15 is 0 Å². The number of rotatable bonds is 12. The summed E-state index contributed by atoms with van der Waals surface area (Å²) in [6.45, 7) is 12.9. The third-order valence-corrected chi connectivity index (χ3v) is 10.1. The van der Waals surface area contributed by atoms with Crippen LogP contribution in [0.5, 0.6) is 0 Å². The SMILES string of the molecule is CC(C)(C)CCCCCCN1CCN(c2ccc(-c3ccc4c(c3)C(=O)N(C(C(=O)Nc3nccs3)c3ccccc3)C4)cc2)CC1. The zero-order valence-electron chi connectivity index (χ0n) is 28.0. The van der Waals surface area contributed by atoms with Crippen LogP contribution in [0.3, 0.4) is 0 Å². The zero-order chi connectivity index (χ0) is 32.8. The normalized spacial score (nSPS) is 15.9. The number of anilines is 2. The van der Waals surface area contributed by atoms with E-state index in [2.05, 4.69) is 71.2 Å². The number of piperazine rings is 1. The van der Waals surface area contributed by atoms with Crippen molar-refractivity contribution in [3.05, 3.63) is 101 Å². The first kappa shape index (κ1) is 32.9. The summed E-state index contributed by atoms with van der Waals surface area (Å²) in [5.41, 5.74) is 6.13. The Balaban J connectivity index is 1.06. The molecule has 2 aliphatic heterocycles. The van der Waals surface area contributed by atoms with Crippen molar-refractivity contribution >= 4 is 34.0 Å².